The minimum absolute atomic E-state index is 0.135. The number of ether oxygens (including phenoxy) is 1. The SMILES string of the molecule is O=[N+]([O-])c1cc(S(=O)(=O)F)ccc1OC(F)(F)F. The molecule has 6 nitrogen and oxygen atoms in total. The first-order valence-electron chi connectivity index (χ1n) is 3.99. The lowest BCUT2D eigenvalue weighted by Gasteiger charge is -2.09. The van der Waals surface area contributed by atoms with Crippen molar-refractivity contribution in [3.63, 3.8) is 0 Å². The lowest BCUT2D eigenvalue weighted by molar-refractivity contribution is -0.388. The van der Waals surface area contributed by atoms with Gasteiger partial charge in [0.05, 0.1) is 4.92 Å². The number of alkyl halides is 3. The summed E-state index contributed by atoms with van der Waals surface area (Å²) in [6.45, 7) is 0. The molecule has 0 unspecified atom stereocenters. The van der Waals surface area contributed by atoms with Crippen LogP contribution in [-0.4, -0.2) is 19.7 Å². The molecule has 0 radical (unpaired) electrons. The van der Waals surface area contributed by atoms with Crippen molar-refractivity contribution in [3.05, 3.63) is 28.3 Å². The number of nitro benzene ring substituents is 1. The molecule has 0 saturated heterocycles. The van der Waals surface area contributed by atoms with Crippen LogP contribution in [-0.2, 0) is 10.2 Å². The molecule has 18 heavy (non-hydrogen) atoms. The molecule has 0 bridgehead atoms. The highest BCUT2D eigenvalue weighted by Gasteiger charge is 2.35. The fourth-order valence-corrected chi connectivity index (χ4v) is 1.49. The molecular formula is C7H3F4NO5S. The Bertz CT molecular complexity index is 582. The Labute approximate surface area is 97.1 Å². The molecule has 0 atom stereocenters. The summed E-state index contributed by atoms with van der Waals surface area (Å²) >= 11 is 0. The second-order valence-electron chi connectivity index (χ2n) is 2.87. The third kappa shape index (κ3) is 3.55. The number of benzene rings is 1. The minimum Gasteiger partial charge on any atom is -0.398 e. The van der Waals surface area contributed by atoms with E-state index in [1.54, 1.807) is 0 Å². The fourth-order valence-electron chi connectivity index (χ4n) is 1.00. The second-order valence-corrected chi connectivity index (χ2v) is 4.22. The number of halogens is 4. The molecule has 0 N–H and O–H groups in total. The van der Waals surface area contributed by atoms with Crippen LogP contribution in [0.3, 0.4) is 0 Å². The molecule has 0 aliphatic carbocycles. The topological polar surface area (TPSA) is 86.5 Å². The van der Waals surface area contributed by atoms with Gasteiger partial charge < -0.3 is 4.74 Å². The van der Waals surface area contributed by atoms with Gasteiger partial charge in [-0.2, -0.15) is 8.42 Å². The molecule has 0 aromatic heterocycles. The van der Waals surface area contributed by atoms with Gasteiger partial charge in [0.1, 0.15) is 4.90 Å². The Balaban J connectivity index is 3.35. The first-order valence-corrected chi connectivity index (χ1v) is 5.38. The van der Waals surface area contributed by atoms with Gasteiger partial charge in [-0.25, -0.2) is 0 Å². The molecule has 0 aliphatic heterocycles. The monoisotopic (exact) mass is 289 g/mol. The molecule has 0 aliphatic rings. The Kier molecular flexibility index (Phi) is 3.46. The smallest absolute Gasteiger partial charge is 0.398 e. The van der Waals surface area contributed by atoms with Crippen molar-refractivity contribution in [1.29, 1.82) is 0 Å². The van der Waals surface area contributed by atoms with E-state index < -0.39 is 37.8 Å². The Morgan fingerprint density at radius 2 is 1.83 bits per heavy atom. The Hall–Kier alpha value is -1.91. The van der Waals surface area contributed by atoms with E-state index in [9.17, 15) is 35.6 Å². The molecule has 0 fully saturated rings. The van der Waals surface area contributed by atoms with Crippen LogP contribution in [0.25, 0.3) is 0 Å². The van der Waals surface area contributed by atoms with Crippen LogP contribution < -0.4 is 4.74 Å². The standard InChI is InChI=1S/C7H3F4NO5S/c8-7(9,10)17-6-2-1-4(18(11,15)16)3-5(6)12(13)14/h1-3H. The normalized spacial score (nSPS) is 12.2. The van der Waals surface area contributed by atoms with Gasteiger partial charge in [-0.15, -0.1) is 17.1 Å². The average molecular weight is 289 g/mol. The predicted octanol–water partition coefficient (Wildman–Crippen LogP) is 2.15. The van der Waals surface area contributed by atoms with Gasteiger partial charge in [0.25, 0.3) is 0 Å². The lowest BCUT2D eigenvalue weighted by atomic mass is 10.3. The average Bonchev–Trinajstić information content (AvgIpc) is 2.13. The summed E-state index contributed by atoms with van der Waals surface area (Å²) in [6.07, 6.45) is -5.19. The van der Waals surface area contributed by atoms with Crippen LogP contribution in [0.2, 0.25) is 0 Å². The van der Waals surface area contributed by atoms with Crippen molar-refractivity contribution in [2.75, 3.05) is 0 Å². The van der Waals surface area contributed by atoms with E-state index in [1.807, 2.05) is 0 Å². The summed E-state index contributed by atoms with van der Waals surface area (Å²) in [5.74, 6) is -1.24. The van der Waals surface area contributed by atoms with Crippen LogP contribution in [0.5, 0.6) is 5.75 Å². The molecule has 1 aromatic carbocycles. The summed E-state index contributed by atoms with van der Waals surface area (Å²) < 4.78 is 72.4. The number of rotatable bonds is 3. The van der Waals surface area contributed by atoms with E-state index in [1.165, 1.54) is 0 Å². The third-order valence-corrected chi connectivity index (χ3v) is 2.45. The van der Waals surface area contributed by atoms with Gasteiger partial charge in [-0.3, -0.25) is 10.1 Å². The summed E-state index contributed by atoms with van der Waals surface area (Å²) in [5.41, 5.74) is -1.31. The van der Waals surface area contributed by atoms with Crippen molar-refractivity contribution in [2.45, 2.75) is 11.3 Å². The van der Waals surface area contributed by atoms with Crippen molar-refractivity contribution in [2.24, 2.45) is 0 Å². The quantitative estimate of drug-likeness (QED) is 0.368. The predicted molar refractivity (Wildman–Crippen MR) is 48.1 cm³/mol. The highest BCUT2D eigenvalue weighted by atomic mass is 32.3. The van der Waals surface area contributed by atoms with Gasteiger partial charge in [-0.05, 0) is 12.1 Å². The first-order chi connectivity index (χ1) is 8.00. The Morgan fingerprint density at radius 1 is 1.28 bits per heavy atom. The van der Waals surface area contributed by atoms with Crippen molar-refractivity contribution >= 4 is 15.9 Å². The molecule has 1 rings (SSSR count). The van der Waals surface area contributed by atoms with Gasteiger partial charge >= 0.3 is 22.3 Å². The van der Waals surface area contributed by atoms with Crippen molar-refractivity contribution in [3.8, 4) is 5.75 Å². The van der Waals surface area contributed by atoms with Crippen molar-refractivity contribution < 1.29 is 35.1 Å². The van der Waals surface area contributed by atoms with Crippen LogP contribution in [0.1, 0.15) is 0 Å². The van der Waals surface area contributed by atoms with E-state index in [0.717, 1.165) is 0 Å². The second kappa shape index (κ2) is 4.40. The fraction of sp³-hybridized carbons (Fsp3) is 0.143. The van der Waals surface area contributed by atoms with Gasteiger partial charge in [0, 0.05) is 6.07 Å². The lowest BCUT2D eigenvalue weighted by Crippen LogP contribution is -2.18. The van der Waals surface area contributed by atoms with Crippen LogP contribution in [0, 0.1) is 10.1 Å². The van der Waals surface area contributed by atoms with Crippen molar-refractivity contribution in [1.82, 2.24) is 0 Å². The molecule has 1 aromatic rings. The first kappa shape index (κ1) is 14.2. The number of nitro groups is 1. The molecule has 0 heterocycles. The van der Waals surface area contributed by atoms with E-state index >= 15 is 0 Å². The van der Waals surface area contributed by atoms with E-state index in [0.29, 0.717) is 12.1 Å². The maximum Gasteiger partial charge on any atom is 0.573 e. The van der Waals surface area contributed by atoms with E-state index in [-0.39, 0.29) is 6.07 Å². The largest absolute Gasteiger partial charge is 0.573 e. The van der Waals surface area contributed by atoms with E-state index in [4.69, 9.17) is 0 Å². The van der Waals surface area contributed by atoms with Crippen LogP contribution >= 0.6 is 0 Å². The molecule has 0 amide bonds. The highest BCUT2D eigenvalue weighted by Crippen LogP contribution is 2.34. The molecule has 100 valence electrons. The summed E-state index contributed by atoms with van der Waals surface area (Å²) in [5, 5.41) is 10.4. The van der Waals surface area contributed by atoms with Gasteiger partial charge in [0.15, 0.2) is 0 Å². The number of hydrogen-bond donors (Lipinski definition) is 0. The summed E-state index contributed by atoms with van der Waals surface area (Å²) in [7, 11) is -5.26. The zero-order valence-electron chi connectivity index (χ0n) is 8.14. The Morgan fingerprint density at radius 3 is 2.22 bits per heavy atom. The molecule has 0 spiro atoms. The zero-order valence-corrected chi connectivity index (χ0v) is 8.96. The van der Waals surface area contributed by atoms with Crippen LogP contribution in [0.15, 0.2) is 23.1 Å². The number of nitrogens with zero attached hydrogens (tertiary/aromatic N) is 1. The maximum absolute atomic E-state index is 12.5. The molecule has 0 saturated carbocycles. The summed E-state index contributed by atoms with van der Waals surface area (Å²) in [6, 6.07) is 0.901. The summed E-state index contributed by atoms with van der Waals surface area (Å²) in [4.78, 5) is 7.97. The maximum atomic E-state index is 12.5. The van der Waals surface area contributed by atoms with Gasteiger partial charge in [0.2, 0.25) is 5.75 Å². The highest BCUT2D eigenvalue weighted by molar-refractivity contribution is 7.86. The minimum atomic E-state index is -5.26. The van der Waals surface area contributed by atoms with E-state index in [2.05, 4.69) is 4.74 Å². The molecule has 11 heteroatoms. The molecular weight excluding hydrogens is 286 g/mol. The number of hydrogen-bond acceptors (Lipinski definition) is 5. The van der Waals surface area contributed by atoms with Crippen LogP contribution in [0.4, 0.5) is 22.7 Å². The zero-order chi connectivity index (χ0) is 14.1. The third-order valence-electron chi connectivity index (χ3n) is 1.63. The van der Waals surface area contributed by atoms with Gasteiger partial charge in [-0.1, -0.05) is 0 Å².